The van der Waals surface area contributed by atoms with E-state index in [-0.39, 0.29) is 21.1 Å². The van der Waals surface area contributed by atoms with Gasteiger partial charge in [-0.15, -0.1) is 11.3 Å². The molecule has 3 aromatic rings. The molecule has 1 atom stereocenters. The Morgan fingerprint density at radius 1 is 0.935 bits per heavy atom. The van der Waals surface area contributed by atoms with Crippen LogP contribution in [0.1, 0.15) is 37.1 Å². The lowest BCUT2D eigenvalue weighted by Gasteiger charge is -2.20. The number of sulfone groups is 1. The quantitative estimate of drug-likeness (QED) is 0.531. The Bertz CT molecular complexity index is 1230. The van der Waals surface area contributed by atoms with Crippen LogP contribution in [-0.4, -0.2) is 23.4 Å². The number of rotatable bonds is 7. The van der Waals surface area contributed by atoms with Crippen LogP contribution >= 0.6 is 11.3 Å². The molecule has 166 valence electrons. The maximum atomic E-state index is 13.4. The Labute approximate surface area is 186 Å². The van der Waals surface area contributed by atoms with Crippen LogP contribution in [0.3, 0.4) is 0 Å². The fourth-order valence-corrected chi connectivity index (χ4v) is 7.07. The maximum absolute atomic E-state index is 13.4. The van der Waals surface area contributed by atoms with Crippen molar-refractivity contribution >= 4 is 31.2 Å². The molecule has 9 heteroatoms. The van der Waals surface area contributed by atoms with Gasteiger partial charge in [-0.3, -0.25) is 0 Å². The molecule has 5 nitrogen and oxygen atoms in total. The van der Waals surface area contributed by atoms with Crippen LogP contribution in [0.2, 0.25) is 0 Å². The van der Waals surface area contributed by atoms with E-state index in [4.69, 9.17) is 0 Å². The average Bonchev–Trinajstić information content (AvgIpc) is 3.24. The molecule has 0 aliphatic rings. The lowest BCUT2D eigenvalue weighted by atomic mass is 9.87. The van der Waals surface area contributed by atoms with Crippen LogP contribution in [0.25, 0.3) is 0 Å². The second-order valence-corrected chi connectivity index (χ2v) is 13.2. The molecular formula is C22H24FNO4S3. The van der Waals surface area contributed by atoms with E-state index in [1.807, 2.05) is 20.8 Å². The van der Waals surface area contributed by atoms with E-state index in [0.29, 0.717) is 5.56 Å². The highest BCUT2D eigenvalue weighted by atomic mass is 32.2. The summed E-state index contributed by atoms with van der Waals surface area (Å²) in [7, 11) is -7.83. The molecule has 2 aromatic carbocycles. The van der Waals surface area contributed by atoms with E-state index >= 15 is 0 Å². The minimum Gasteiger partial charge on any atom is -0.222 e. The Kier molecular flexibility index (Phi) is 6.71. The van der Waals surface area contributed by atoms with Crippen LogP contribution in [-0.2, 0) is 25.3 Å². The number of nitrogens with one attached hydrogen (secondary N) is 1. The maximum Gasteiger partial charge on any atom is 0.240 e. The van der Waals surface area contributed by atoms with Crippen LogP contribution in [0.15, 0.2) is 75.1 Å². The molecule has 0 aliphatic heterocycles. The zero-order chi connectivity index (χ0) is 22.9. The van der Waals surface area contributed by atoms with Gasteiger partial charge < -0.3 is 0 Å². The van der Waals surface area contributed by atoms with Crippen LogP contribution < -0.4 is 4.72 Å². The topological polar surface area (TPSA) is 80.3 Å². The molecule has 0 saturated carbocycles. The van der Waals surface area contributed by atoms with E-state index in [1.165, 1.54) is 30.3 Å². The van der Waals surface area contributed by atoms with Gasteiger partial charge in [-0.2, -0.15) is 0 Å². The van der Waals surface area contributed by atoms with E-state index in [1.54, 1.807) is 23.6 Å². The monoisotopic (exact) mass is 481 g/mol. The van der Waals surface area contributed by atoms with E-state index in [2.05, 4.69) is 4.72 Å². The number of hydrogen-bond acceptors (Lipinski definition) is 5. The SMILES string of the molecule is CC(C)(C)c1ccc(S(=O)(=O)NCC(c2ccc(F)cc2)S(=O)(=O)c2cccs2)cc1. The van der Waals surface area contributed by atoms with E-state index in [0.717, 1.165) is 29.0 Å². The third-order valence-corrected chi connectivity index (χ3v) is 9.85. The number of sulfonamides is 1. The van der Waals surface area contributed by atoms with Gasteiger partial charge in [0.05, 0.1) is 4.90 Å². The summed E-state index contributed by atoms with van der Waals surface area (Å²) in [6, 6.07) is 14.6. The Morgan fingerprint density at radius 2 is 1.55 bits per heavy atom. The second kappa shape index (κ2) is 8.82. The fourth-order valence-electron chi connectivity index (χ4n) is 3.05. The predicted molar refractivity (Wildman–Crippen MR) is 121 cm³/mol. The minimum absolute atomic E-state index is 0.0480. The van der Waals surface area contributed by atoms with E-state index < -0.39 is 30.9 Å². The molecule has 1 N–H and O–H groups in total. The molecule has 1 unspecified atom stereocenters. The molecule has 0 radical (unpaired) electrons. The Morgan fingerprint density at radius 3 is 2.06 bits per heavy atom. The number of thiophene rings is 1. The van der Waals surface area contributed by atoms with Crippen molar-refractivity contribution in [2.75, 3.05) is 6.54 Å². The highest BCUT2D eigenvalue weighted by Gasteiger charge is 2.31. The minimum atomic E-state index is -3.95. The van der Waals surface area contributed by atoms with E-state index in [9.17, 15) is 21.2 Å². The molecule has 3 rings (SSSR count). The molecule has 0 fully saturated rings. The number of halogens is 1. The highest BCUT2D eigenvalue weighted by Crippen LogP contribution is 2.32. The van der Waals surface area contributed by atoms with Crippen LogP contribution in [0.5, 0.6) is 0 Å². The Balaban J connectivity index is 1.90. The van der Waals surface area contributed by atoms with Crippen LogP contribution in [0, 0.1) is 5.82 Å². The summed E-state index contributed by atoms with van der Waals surface area (Å²) in [6.45, 7) is 5.70. The molecule has 0 saturated heterocycles. The molecule has 0 aliphatic carbocycles. The van der Waals surface area contributed by atoms with Crippen molar-refractivity contribution in [1.29, 1.82) is 0 Å². The van der Waals surface area contributed by atoms with Crippen molar-refractivity contribution in [2.45, 2.75) is 40.5 Å². The van der Waals surface area contributed by atoms with Crippen molar-refractivity contribution in [1.82, 2.24) is 4.72 Å². The first-order valence-electron chi connectivity index (χ1n) is 9.54. The van der Waals surface area contributed by atoms with Gasteiger partial charge in [0.25, 0.3) is 0 Å². The second-order valence-electron chi connectivity index (χ2n) is 8.14. The van der Waals surface area contributed by atoms with Crippen molar-refractivity contribution in [3.63, 3.8) is 0 Å². The number of benzene rings is 2. The average molecular weight is 482 g/mol. The van der Waals surface area contributed by atoms with Crippen molar-refractivity contribution in [3.8, 4) is 0 Å². The summed E-state index contributed by atoms with van der Waals surface area (Å²) in [5.41, 5.74) is 1.16. The summed E-state index contributed by atoms with van der Waals surface area (Å²) in [6.07, 6.45) is 0. The van der Waals surface area contributed by atoms with Gasteiger partial charge in [-0.05, 0) is 52.3 Å². The van der Waals surface area contributed by atoms with Gasteiger partial charge in [0.2, 0.25) is 10.0 Å². The smallest absolute Gasteiger partial charge is 0.222 e. The summed E-state index contributed by atoms with van der Waals surface area (Å²) in [5.74, 6) is -0.504. The Hall–Kier alpha value is -2.07. The predicted octanol–water partition coefficient (Wildman–Crippen LogP) is 4.68. The third-order valence-electron chi connectivity index (χ3n) is 4.88. The lowest BCUT2D eigenvalue weighted by Crippen LogP contribution is -2.32. The van der Waals surface area contributed by atoms with Gasteiger partial charge in [0.15, 0.2) is 9.84 Å². The zero-order valence-electron chi connectivity index (χ0n) is 17.4. The van der Waals surface area contributed by atoms with Gasteiger partial charge in [0, 0.05) is 6.54 Å². The largest absolute Gasteiger partial charge is 0.240 e. The molecule has 1 aromatic heterocycles. The summed E-state index contributed by atoms with van der Waals surface area (Å²) in [5, 5.41) is 0.436. The van der Waals surface area contributed by atoms with Gasteiger partial charge in [-0.25, -0.2) is 25.9 Å². The first kappa shape index (κ1) is 23.6. The normalized spacial score (nSPS) is 13.8. The third kappa shape index (κ3) is 5.41. The summed E-state index contributed by atoms with van der Waals surface area (Å²) >= 11 is 1.05. The molecular weight excluding hydrogens is 457 g/mol. The van der Waals surface area contributed by atoms with Crippen LogP contribution in [0.4, 0.5) is 4.39 Å². The first-order chi connectivity index (χ1) is 14.4. The molecule has 31 heavy (non-hydrogen) atoms. The number of hydrogen-bond donors (Lipinski definition) is 1. The van der Waals surface area contributed by atoms with Crippen molar-refractivity contribution in [3.05, 3.63) is 83.0 Å². The van der Waals surface area contributed by atoms with Gasteiger partial charge >= 0.3 is 0 Å². The molecule has 0 spiro atoms. The van der Waals surface area contributed by atoms with Gasteiger partial charge in [-0.1, -0.05) is 51.1 Å². The lowest BCUT2D eigenvalue weighted by molar-refractivity contribution is 0.568. The van der Waals surface area contributed by atoms with Crippen molar-refractivity contribution < 1.29 is 21.2 Å². The van der Waals surface area contributed by atoms with Gasteiger partial charge in [0.1, 0.15) is 15.3 Å². The molecule has 0 bridgehead atoms. The summed E-state index contributed by atoms with van der Waals surface area (Å²) < 4.78 is 67.9. The summed E-state index contributed by atoms with van der Waals surface area (Å²) in [4.78, 5) is 0.0480. The fraction of sp³-hybridized carbons (Fsp3) is 0.273. The molecule has 1 heterocycles. The van der Waals surface area contributed by atoms with Crippen molar-refractivity contribution in [2.24, 2.45) is 0 Å². The molecule has 0 amide bonds. The zero-order valence-corrected chi connectivity index (χ0v) is 19.8. The standard InChI is InChI=1S/C22H24FNO4S3/c1-22(2,3)17-8-12-19(13-9-17)31(27,28)24-15-20(16-6-10-18(23)11-7-16)30(25,26)21-5-4-14-29-21/h4-14,20,24H,15H2,1-3H3. The first-order valence-corrected chi connectivity index (χ1v) is 13.5. The highest BCUT2D eigenvalue weighted by molar-refractivity contribution is 7.93.